The van der Waals surface area contributed by atoms with Gasteiger partial charge in [-0.2, -0.15) is 0 Å². The first-order valence-electron chi connectivity index (χ1n) is 7.25. The molecule has 0 amide bonds. The van der Waals surface area contributed by atoms with Gasteiger partial charge in [-0.25, -0.2) is 0 Å². The zero-order valence-electron chi connectivity index (χ0n) is 12.6. The first-order chi connectivity index (χ1) is 9.51. The third kappa shape index (κ3) is 3.76. The fraction of sp³-hybridized carbons (Fsp3) is 0.667. The van der Waals surface area contributed by atoms with Gasteiger partial charge in [-0.3, -0.25) is 4.99 Å². The number of hydrogen-bond donors (Lipinski definition) is 3. The molecule has 0 bridgehead atoms. The predicted molar refractivity (Wildman–Crippen MR) is 79.7 cm³/mol. The average molecular weight is 279 g/mol. The van der Waals surface area contributed by atoms with Crippen LogP contribution in [0, 0.1) is 12.8 Å². The minimum Gasteiger partial charge on any atom is -0.463 e. The van der Waals surface area contributed by atoms with Gasteiger partial charge in [-0.05, 0) is 44.7 Å². The van der Waals surface area contributed by atoms with E-state index in [0.29, 0.717) is 12.3 Å². The molecule has 3 N–H and O–H groups in total. The summed E-state index contributed by atoms with van der Waals surface area (Å²) in [5, 5.41) is 16.9. The van der Waals surface area contributed by atoms with Crippen LogP contribution in [-0.2, 0) is 5.60 Å². The molecule has 0 spiro atoms. The number of guanidine groups is 1. The number of nitrogens with zero attached hydrogens (tertiary/aromatic N) is 1. The second-order valence-corrected chi connectivity index (χ2v) is 5.79. The molecule has 1 unspecified atom stereocenters. The lowest BCUT2D eigenvalue weighted by molar-refractivity contribution is 0.0377. The fourth-order valence-electron chi connectivity index (χ4n) is 2.23. The Morgan fingerprint density at radius 2 is 2.20 bits per heavy atom. The molecular formula is C15H25N3O2. The molecule has 0 radical (unpaired) electrons. The van der Waals surface area contributed by atoms with E-state index in [-0.39, 0.29) is 0 Å². The quantitative estimate of drug-likeness (QED) is 0.567. The third-order valence-corrected chi connectivity index (χ3v) is 3.88. The first kappa shape index (κ1) is 14.9. The molecule has 0 saturated heterocycles. The van der Waals surface area contributed by atoms with Crippen molar-refractivity contribution in [2.75, 3.05) is 20.1 Å². The molecule has 5 nitrogen and oxygen atoms in total. The molecule has 1 aliphatic rings. The van der Waals surface area contributed by atoms with E-state index in [0.717, 1.165) is 24.2 Å². The summed E-state index contributed by atoms with van der Waals surface area (Å²) in [7, 11) is 1.74. The Labute approximate surface area is 120 Å². The molecule has 5 heteroatoms. The standard InChI is InChI=1S/C15H25N3O2/c1-11-7-8-13(20-11)15(2,19)10-18-14(16-3)17-9-12-5-4-6-12/h7-8,12,19H,4-6,9-10H2,1-3H3,(H2,16,17,18). The lowest BCUT2D eigenvalue weighted by Gasteiger charge is -2.27. The summed E-state index contributed by atoms with van der Waals surface area (Å²) in [4.78, 5) is 4.17. The second kappa shape index (κ2) is 6.31. The van der Waals surface area contributed by atoms with E-state index in [1.165, 1.54) is 19.3 Å². The molecule has 1 aromatic heterocycles. The van der Waals surface area contributed by atoms with Crippen molar-refractivity contribution in [1.82, 2.24) is 10.6 Å². The Kier molecular flexibility index (Phi) is 4.70. The van der Waals surface area contributed by atoms with Crippen LogP contribution in [0.1, 0.15) is 37.7 Å². The van der Waals surface area contributed by atoms with Crippen molar-refractivity contribution in [2.45, 2.75) is 38.7 Å². The van der Waals surface area contributed by atoms with Crippen LogP contribution < -0.4 is 10.6 Å². The highest BCUT2D eigenvalue weighted by molar-refractivity contribution is 5.79. The first-order valence-corrected chi connectivity index (χ1v) is 7.25. The molecule has 0 aliphatic heterocycles. The summed E-state index contributed by atoms with van der Waals surface area (Å²) in [5.41, 5.74) is -1.05. The monoisotopic (exact) mass is 279 g/mol. The Bertz CT molecular complexity index is 461. The van der Waals surface area contributed by atoms with Crippen molar-refractivity contribution in [3.8, 4) is 0 Å². The maximum absolute atomic E-state index is 10.4. The summed E-state index contributed by atoms with van der Waals surface area (Å²) in [5.74, 6) is 2.85. The number of aryl methyl sites for hydroxylation is 1. The molecular weight excluding hydrogens is 254 g/mol. The van der Waals surface area contributed by atoms with Gasteiger partial charge in [0.15, 0.2) is 5.96 Å². The molecule has 1 atom stereocenters. The van der Waals surface area contributed by atoms with Gasteiger partial charge in [0.05, 0.1) is 6.54 Å². The van der Waals surface area contributed by atoms with Crippen molar-refractivity contribution < 1.29 is 9.52 Å². The van der Waals surface area contributed by atoms with Crippen molar-refractivity contribution in [1.29, 1.82) is 0 Å². The number of furan rings is 1. The van der Waals surface area contributed by atoms with Gasteiger partial charge >= 0.3 is 0 Å². The molecule has 0 aromatic carbocycles. The highest BCUT2D eigenvalue weighted by Crippen LogP contribution is 2.25. The van der Waals surface area contributed by atoms with Crippen molar-refractivity contribution in [3.63, 3.8) is 0 Å². The number of nitrogens with one attached hydrogen (secondary N) is 2. The second-order valence-electron chi connectivity index (χ2n) is 5.79. The minimum absolute atomic E-state index is 0.351. The van der Waals surface area contributed by atoms with Gasteiger partial charge in [0.1, 0.15) is 17.1 Å². The van der Waals surface area contributed by atoms with Crippen molar-refractivity contribution in [3.05, 3.63) is 23.7 Å². The van der Waals surface area contributed by atoms with Crippen molar-refractivity contribution in [2.24, 2.45) is 10.9 Å². The van der Waals surface area contributed by atoms with Crippen LogP contribution >= 0.6 is 0 Å². The smallest absolute Gasteiger partial charge is 0.191 e. The fourth-order valence-corrected chi connectivity index (χ4v) is 2.23. The van der Waals surface area contributed by atoms with E-state index in [1.54, 1.807) is 14.0 Å². The molecule has 1 heterocycles. The molecule has 20 heavy (non-hydrogen) atoms. The number of aliphatic hydroxyl groups is 1. The Morgan fingerprint density at radius 1 is 1.45 bits per heavy atom. The van der Waals surface area contributed by atoms with E-state index in [1.807, 2.05) is 19.1 Å². The molecule has 112 valence electrons. The highest BCUT2D eigenvalue weighted by atomic mass is 16.4. The summed E-state index contributed by atoms with van der Waals surface area (Å²) in [6, 6.07) is 3.66. The zero-order chi connectivity index (χ0) is 14.6. The van der Waals surface area contributed by atoms with Crippen LogP contribution in [0.5, 0.6) is 0 Å². The van der Waals surface area contributed by atoms with Crippen LogP contribution in [0.3, 0.4) is 0 Å². The summed E-state index contributed by atoms with van der Waals surface area (Å²) >= 11 is 0. The number of hydrogen-bond acceptors (Lipinski definition) is 3. The largest absolute Gasteiger partial charge is 0.463 e. The van der Waals surface area contributed by atoms with Crippen LogP contribution in [0.4, 0.5) is 0 Å². The lowest BCUT2D eigenvalue weighted by Crippen LogP contribution is -2.46. The van der Waals surface area contributed by atoms with Crippen LogP contribution in [0.2, 0.25) is 0 Å². The minimum atomic E-state index is -1.05. The predicted octanol–water partition coefficient (Wildman–Crippen LogP) is 1.76. The molecule has 1 fully saturated rings. The topological polar surface area (TPSA) is 69.8 Å². The van der Waals surface area contributed by atoms with Crippen LogP contribution in [0.25, 0.3) is 0 Å². The van der Waals surface area contributed by atoms with Crippen LogP contribution in [-0.4, -0.2) is 31.2 Å². The van der Waals surface area contributed by atoms with Gasteiger partial charge in [0.25, 0.3) is 0 Å². The van der Waals surface area contributed by atoms with Crippen LogP contribution in [0.15, 0.2) is 21.5 Å². The molecule has 1 aromatic rings. The normalized spacial score (nSPS) is 19.3. The molecule has 1 aliphatic carbocycles. The lowest BCUT2D eigenvalue weighted by atomic mass is 9.85. The number of aliphatic imine (C=N–C) groups is 1. The molecule has 1 saturated carbocycles. The van der Waals surface area contributed by atoms with Gasteiger partial charge in [0, 0.05) is 13.6 Å². The van der Waals surface area contributed by atoms with Gasteiger partial charge in [-0.15, -0.1) is 0 Å². The maximum Gasteiger partial charge on any atom is 0.191 e. The van der Waals surface area contributed by atoms with E-state index >= 15 is 0 Å². The van der Waals surface area contributed by atoms with Gasteiger partial charge in [0.2, 0.25) is 0 Å². The van der Waals surface area contributed by atoms with Gasteiger partial charge < -0.3 is 20.2 Å². The number of rotatable bonds is 5. The summed E-state index contributed by atoms with van der Waals surface area (Å²) in [6.45, 7) is 4.90. The summed E-state index contributed by atoms with van der Waals surface area (Å²) in [6.07, 6.45) is 3.94. The Hall–Kier alpha value is -1.49. The maximum atomic E-state index is 10.4. The Morgan fingerprint density at radius 3 is 2.70 bits per heavy atom. The van der Waals surface area contributed by atoms with E-state index < -0.39 is 5.60 Å². The average Bonchev–Trinajstić information content (AvgIpc) is 2.79. The third-order valence-electron chi connectivity index (χ3n) is 3.88. The highest BCUT2D eigenvalue weighted by Gasteiger charge is 2.27. The molecule has 2 rings (SSSR count). The van der Waals surface area contributed by atoms with E-state index in [9.17, 15) is 5.11 Å². The van der Waals surface area contributed by atoms with E-state index in [4.69, 9.17) is 4.42 Å². The summed E-state index contributed by atoms with van der Waals surface area (Å²) < 4.78 is 5.49. The van der Waals surface area contributed by atoms with Crippen molar-refractivity contribution >= 4 is 5.96 Å². The SMILES string of the molecule is CN=C(NCC1CCC1)NCC(C)(O)c1ccc(C)o1. The zero-order valence-corrected chi connectivity index (χ0v) is 12.6. The van der Waals surface area contributed by atoms with Gasteiger partial charge in [-0.1, -0.05) is 6.42 Å². The Balaban J connectivity index is 1.82. The van der Waals surface area contributed by atoms with E-state index in [2.05, 4.69) is 15.6 Å².